The van der Waals surface area contributed by atoms with Crippen molar-refractivity contribution in [3.05, 3.63) is 0 Å². The van der Waals surface area contributed by atoms with Crippen molar-refractivity contribution < 1.29 is 39.5 Å². The number of carbonyl (C=O) groups is 2. The summed E-state index contributed by atoms with van der Waals surface area (Å²) in [6, 6.07) is 0. The zero-order valence-corrected chi connectivity index (χ0v) is 30.2. The molecular weight excluding hydrogens is 584 g/mol. The first-order chi connectivity index (χ1) is 22.4. The maximum Gasteiger partial charge on any atom is 0.305 e. The van der Waals surface area contributed by atoms with E-state index in [4.69, 9.17) is 29.9 Å². The molecule has 8 heteroatoms. The number of aliphatic hydroxyl groups is 4. The van der Waals surface area contributed by atoms with Gasteiger partial charge in [0, 0.05) is 12.8 Å². The van der Waals surface area contributed by atoms with Crippen LogP contribution < -0.4 is 0 Å². The van der Waals surface area contributed by atoms with Crippen molar-refractivity contribution in [3.8, 4) is 0 Å². The van der Waals surface area contributed by atoms with Crippen LogP contribution in [-0.2, 0) is 19.1 Å². The molecule has 0 aliphatic carbocycles. The summed E-state index contributed by atoms with van der Waals surface area (Å²) in [5, 5.41) is 35.3. The third-order valence-electron chi connectivity index (χ3n) is 8.26. The van der Waals surface area contributed by atoms with Gasteiger partial charge in [-0.05, 0) is 12.8 Å². The molecule has 0 aliphatic heterocycles. The maximum atomic E-state index is 11.4. The Balaban J connectivity index is 0. The van der Waals surface area contributed by atoms with Gasteiger partial charge in [-0.3, -0.25) is 9.59 Å². The highest BCUT2D eigenvalue weighted by Crippen LogP contribution is 2.14. The molecule has 0 saturated carbocycles. The first-order valence-electron chi connectivity index (χ1n) is 19.3. The number of unbranched alkanes of at least 4 members (excludes halogenated alkanes) is 24. The van der Waals surface area contributed by atoms with Crippen LogP contribution >= 0.6 is 0 Å². The Kier molecular flexibility index (Phi) is 40.7. The van der Waals surface area contributed by atoms with Crippen LogP contribution in [0.3, 0.4) is 0 Å². The third-order valence-corrected chi connectivity index (χ3v) is 8.26. The lowest BCUT2D eigenvalue weighted by Crippen LogP contribution is -2.21. The zero-order chi connectivity index (χ0) is 34.4. The van der Waals surface area contributed by atoms with Crippen LogP contribution in [0.15, 0.2) is 0 Å². The van der Waals surface area contributed by atoms with Crippen LogP contribution in [0.1, 0.15) is 194 Å². The number of aliphatic hydroxyl groups excluding tert-OH is 4. The van der Waals surface area contributed by atoms with Gasteiger partial charge in [0.05, 0.1) is 13.2 Å². The highest BCUT2D eigenvalue weighted by Gasteiger charge is 2.08. The lowest BCUT2D eigenvalue weighted by atomic mass is 10.0. The van der Waals surface area contributed by atoms with Gasteiger partial charge in [0.1, 0.15) is 25.4 Å². The number of carbonyl (C=O) groups excluding carboxylic acids is 2. The number of rotatable bonds is 34. The summed E-state index contributed by atoms with van der Waals surface area (Å²) < 4.78 is 9.70. The van der Waals surface area contributed by atoms with E-state index in [1.54, 1.807) is 0 Å². The lowest BCUT2D eigenvalue weighted by Gasteiger charge is -2.08. The molecule has 2 atom stereocenters. The van der Waals surface area contributed by atoms with Gasteiger partial charge in [-0.1, -0.05) is 168 Å². The second kappa shape index (κ2) is 40.0. The van der Waals surface area contributed by atoms with E-state index in [1.165, 1.54) is 141 Å². The molecule has 0 saturated heterocycles. The van der Waals surface area contributed by atoms with Gasteiger partial charge in [0.25, 0.3) is 0 Å². The standard InChI is InChI=1S/C21H42O4.C17H34O4/c1-2-3-4-5-6-7-8-9-10-11-12-13-14-15-16-17-21(24)25-19-20(23)18-22;1-2-3-4-5-6-7-8-9-10-11-12-13-17(20)21-15-16(19)14-18/h20,22-23H,2-19H2,1H3;16,18-19H,2-15H2,1H3. The fourth-order valence-corrected chi connectivity index (χ4v) is 5.20. The summed E-state index contributed by atoms with van der Waals surface area (Å²) in [5.74, 6) is -0.555. The average molecular weight is 661 g/mol. The minimum absolute atomic E-state index is 0.103. The molecule has 0 aromatic heterocycles. The van der Waals surface area contributed by atoms with E-state index >= 15 is 0 Å². The topological polar surface area (TPSA) is 134 Å². The fraction of sp³-hybridized carbons (Fsp3) is 0.947. The quantitative estimate of drug-likeness (QED) is 0.0398. The van der Waals surface area contributed by atoms with Crippen LogP contribution in [0.25, 0.3) is 0 Å². The monoisotopic (exact) mass is 661 g/mol. The highest BCUT2D eigenvalue weighted by molar-refractivity contribution is 5.69. The summed E-state index contributed by atoms with van der Waals surface area (Å²) in [6.45, 7) is 3.56. The van der Waals surface area contributed by atoms with Gasteiger partial charge in [0.15, 0.2) is 0 Å². The number of hydrogen-bond donors (Lipinski definition) is 4. The molecule has 0 fully saturated rings. The summed E-state index contributed by atoms with van der Waals surface area (Å²) in [7, 11) is 0. The molecule has 0 aromatic carbocycles. The Hall–Kier alpha value is -1.22. The molecule has 4 N–H and O–H groups in total. The molecule has 0 radical (unpaired) electrons. The SMILES string of the molecule is CCCCCCCCCCCCCC(=O)OCC(O)CO.CCCCCCCCCCCCCCCCCC(=O)OCC(O)CO. The second-order valence-electron chi connectivity index (χ2n) is 13.0. The van der Waals surface area contributed by atoms with Crippen molar-refractivity contribution in [2.45, 2.75) is 206 Å². The van der Waals surface area contributed by atoms with Gasteiger partial charge < -0.3 is 29.9 Å². The normalized spacial score (nSPS) is 12.3. The van der Waals surface area contributed by atoms with Gasteiger partial charge in [-0.2, -0.15) is 0 Å². The van der Waals surface area contributed by atoms with Crippen LogP contribution in [0.4, 0.5) is 0 Å². The number of hydrogen-bond acceptors (Lipinski definition) is 8. The van der Waals surface area contributed by atoms with Crippen LogP contribution in [-0.4, -0.2) is 71.0 Å². The Morgan fingerprint density at radius 2 is 0.630 bits per heavy atom. The van der Waals surface area contributed by atoms with Crippen molar-refractivity contribution >= 4 is 11.9 Å². The largest absolute Gasteiger partial charge is 0.463 e. The molecule has 0 bridgehead atoms. The van der Waals surface area contributed by atoms with Gasteiger partial charge in [-0.15, -0.1) is 0 Å². The Morgan fingerprint density at radius 1 is 0.413 bits per heavy atom. The van der Waals surface area contributed by atoms with Crippen molar-refractivity contribution in [2.24, 2.45) is 0 Å². The smallest absolute Gasteiger partial charge is 0.305 e. The number of ether oxygens (including phenoxy) is 2. The summed E-state index contributed by atoms with van der Waals surface area (Å²) in [6.07, 6.45) is 32.3. The molecular formula is C38H76O8. The molecule has 0 heterocycles. The molecule has 2 unspecified atom stereocenters. The predicted octanol–water partition coefficient (Wildman–Crippen LogP) is 8.73. The van der Waals surface area contributed by atoms with Crippen molar-refractivity contribution in [1.82, 2.24) is 0 Å². The van der Waals surface area contributed by atoms with E-state index in [9.17, 15) is 9.59 Å². The molecule has 276 valence electrons. The Morgan fingerprint density at radius 3 is 0.848 bits per heavy atom. The van der Waals surface area contributed by atoms with Crippen LogP contribution in [0.5, 0.6) is 0 Å². The fourth-order valence-electron chi connectivity index (χ4n) is 5.20. The number of esters is 2. The zero-order valence-electron chi connectivity index (χ0n) is 30.2. The molecule has 46 heavy (non-hydrogen) atoms. The van der Waals surface area contributed by atoms with E-state index in [1.807, 2.05) is 0 Å². The molecule has 0 rings (SSSR count). The minimum Gasteiger partial charge on any atom is -0.463 e. The first kappa shape index (κ1) is 46.9. The van der Waals surface area contributed by atoms with E-state index in [-0.39, 0.29) is 38.4 Å². The van der Waals surface area contributed by atoms with Gasteiger partial charge in [-0.25, -0.2) is 0 Å². The van der Waals surface area contributed by atoms with Crippen molar-refractivity contribution in [1.29, 1.82) is 0 Å². The lowest BCUT2D eigenvalue weighted by molar-refractivity contribution is -0.148. The second-order valence-corrected chi connectivity index (χ2v) is 13.0. The van der Waals surface area contributed by atoms with E-state index in [0.29, 0.717) is 12.8 Å². The third kappa shape index (κ3) is 40.8. The highest BCUT2D eigenvalue weighted by atomic mass is 16.5. The first-order valence-corrected chi connectivity index (χ1v) is 19.3. The van der Waals surface area contributed by atoms with Crippen molar-refractivity contribution in [2.75, 3.05) is 26.4 Å². The Bertz CT molecular complexity index is 616. The summed E-state index contributed by atoms with van der Waals surface area (Å²) in [4.78, 5) is 22.7. The van der Waals surface area contributed by atoms with Crippen molar-refractivity contribution in [3.63, 3.8) is 0 Å². The predicted molar refractivity (Wildman–Crippen MR) is 189 cm³/mol. The van der Waals surface area contributed by atoms with E-state index in [0.717, 1.165) is 25.7 Å². The van der Waals surface area contributed by atoms with Crippen LogP contribution in [0, 0.1) is 0 Å². The van der Waals surface area contributed by atoms with E-state index < -0.39 is 12.2 Å². The Labute approximate surface area is 283 Å². The minimum atomic E-state index is -0.954. The molecule has 0 aliphatic rings. The average Bonchev–Trinajstić information content (AvgIpc) is 3.06. The summed E-state index contributed by atoms with van der Waals surface area (Å²) >= 11 is 0. The summed E-state index contributed by atoms with van der Waals surface area (Å²) in [5.41, 5.74) is 0. The molecule has 0 aromatic rings. The molecule has 0 amide bonds. The molecule has 8 nitrogen and oxygen atoms in total. The van der Waals surface area contributed by atoms with E-state index in [2.05, 4.69) is 13.8 Å². The van der Waals surface area contributed by atoms with Crippen LogP contribution in [0.2, 0.25) is 0 Å². The molecule has 0 spiro atoms. The maximum absolute atomic E-state index is 11.4. The van der Waals surface area contributed by atoms with Gasteiger partial charge >= 0.3 is 11.9 Å². The van der Waals surface area contributed by atoms with Gasteiger partial charge in [0.2, 0.25) is 0 Å².